The maximum Gasteiger partial charge on any atom is 0.259 e. The predicted molar refractivity (Wildman–Crippen MR) is 66.2 cm³/mol. The van der Waals surface area contributed by atoms with Crippen molar-refractivity contribution in [1.82, 2.24) is 10.1 Å². The fraction of sp³-hybridized carbons (Fsp3) is 0.273. The van der Waals surface area contributed by atoms with Gasteiger partial charge in [0.2, 0.25) is 0 Å². The van der Waals surface area contributed by atoms with Gasteiger partial charge < -0.3 is 15.4 Å². The van der Waals surface area contributed by atoms with Gasteiger partial charge in [0.1, 0.15) is 0 Å². The molecule has 3 N–H and O–H groups in total. The number of aryl methyl sites for hydroxylation is 1. The van der Waals surface area contributed by atoms with Crippen LogP contribution in [0.3, 0.4) is 0 Å². The Bertz CT molecular complexity index is 527. The molecular weight excluding hydrogens is 286 g/mol. The number of aromatic nitrogens is 2. The number of hydrogen-bond acceptors (Lipinski definition) is 5. The first-order chi connectivity index (χ1) is 8.11. The van der Waals surface area contributed by atoms with Crippen molar-refractivity contribution in [2.24, 2.45) is 5.73 Å². The van der Waals surface area contributed by atoms with Gasteiger partial charge >= 0.3 is 0 Å². The molecular formula is C11H12BrN3O2. The lowest BCUT2D eigenvalue weighted by atomic mass is 10.1. The fourth-order valence-electron chi connectivity index (χ4n) is 1.38. The lowest BCUT2D eigenvalue weighted by Gasteiger charge is -2.01. The largest absolute Gasteiger partial charge is 0.394 e. The van der Waals surface area contributed by atoms with Crippen molar-refractivity contribution in [3.05, 3.63) is 34.1 Å². The van der Waals surface area contributed by atoms with E-state index in [0.29, 0.717) is 11.7 Å². The van der Waals surface area contributed by atoms with Crippen LogP contribution in [-0.4, -0.2) is 21.9 Å². The minimum absolute atomic E-state index is 0.214. The van der Waals surface area contributed by atoms with E-state index in [0.717, 1.165) is 15.6 Å². The van der Waals surface area contributed by atoms with Crippen LogP contribution in [0.5, 0.6) is 0 Å². The number of hydrogen-bond donors (Lipinski definition) is 2. The van der Waals surface area contributed by atoms with Crippen LogP contribution in [0.15, 0.2) is 27.2 Å². The van der Waals surface area contributed by atoms with Crippen molar-refractivity contribution in [3.63, 3.8) is 0 Å². The van der Waals surface area contributed by atoms with Crippen LogP contribution in [0, 0.1) is 6.92 Å². The second kappa shape index (κ2) is 4.95. The van der Waals surface area contributed by atoms with E-state index in [9.17, 15) is 0 Å². The molecule has 0 fully saturated rings. The van der Waals surface area contributed by atoms with Crippen LogP contribution in [0.4, 0.5) is 0 Å². The first-order valence-corrected chi connectivity index (χ1v) is 5.87. The molecule has 17 heavy (non-hydrogen) atoms. The van der Waals surface area contributed by atoms with E-state index in [1.54, 1.807) is 0 Å². The molecule has 0 amide bonds. The topological polar surface area (TPSA) is 85.2 Å². The van der Waals surface area contributed by atoms with Gasteiger partial charge in [0.05, 0.1) is 18.2 Å². The molecule has 1 aromatic heterocycles. The molecule has 5 nitrogen and oxygen atoms in total. The first-order valence-electron chi connectivity index (χ1n) is 5.08. The van der Waals surface area contributed by atoms with Crippen LogP contribution in [0.2, 0.25) is 0 Å². The van der Waals surface area contributed by atoms with Gasteiger partial charge in [-0.15, -0.1) is 0 Å². The van der Waals surface area contributed by atoms with E-state index in [1.165, 1.54) is 0 Å². The summed E-state index contributed by atoms with van der Waals surface area (Å²) in [5.41, 5.74) is 7.51. The average Bonchev–Trinajstić information content (AvgIpc) is 2.80. The molecule has 0 bridgehead atoms. The van der Waals surface area contributed by atoms with E-state index in [2.05, 4.69) is 26.1 Å². The minimum Gasteiger partial charge on any atom is -0.394 e. The predicted octanol–water partition coefficient (Wildman–Crippen LogP) is 1.80. The van der Waals surface area contributed by atoms with Gasteiger partial charge in [0.25, 0.3) is 5.89 Å². The Morgan fingerprint density at radius 2 is 2.29 bits per heavy atom. The van der Waals surface area contributed by atoms with Gasteiger partial charge in [-0.1, -0.05) is 16.8 Å². The van der Waals surface area contributed by atoms with Crippen molar-refractivity contribution >= 4 is 15.9 Å². The second-order valence-corrected chi connectivity index (χ2v) is 4.58. The summed E-state index contributed by atoms with van der Waals surface area (Å²) in [6, 6.07) is 5.22. The first kappa shape index (κ1) is 12.2. The van der Waals surface area contributed by atoms with Crippen molar-refractivity contribution in [2.75, 3.05) is 6.61 Å². The lowest BCUT2D eigenvalue weighted by Crippen LogP contribution is -2.15. The molecule has 0 aliphatic heterocycles. The summed E-state index contributed by atoms with van der Waals surface area (Å²) in [5.74, 6) is 0.690. The quantitative estimate of drug-likeness (QED) is 0.902. The molecule has 0 saturated heterocycles. The van der Waals surface area contributed by atoms with E-state index < -0.39 is 6.04 Å². The summed E-state index contributed by atoms with van der Waals surface area (Å²) in [6.07, 6.45) is 0. The molecule has 0 aliphatic carbocycles. The molecule has 1 atom stereocenters. The molecule has 0 spiro atoms. The number of nitrogens with two attached hydrogens (primary N) is 1. The Kier molecular flexibility index (Phi) is 3.56. The summed E-state index contributed by atoms with van der Waals surface area (Å²) in [7, 11) is 0. The molecule has 1 unspecified atom stereocenters. The molecule has 90 valence electrons. The maximum atomic E-state index is 8.91. The number of aliphatic hydroxyl groups excluding tert-OH is 1. The monoisotopic (exact) mass is 297 g/mol. The third kappa shape index (κ3) is 2.54. The molecule has 2 aromatic rings. The molecule has 1 heterocycles. The van der Waals surface area contributed by atoms with Crippen LogP contribution in [0.25, 0.3) is 11.5 Å². The molecule has 2 rings (SSSR count). The van der Waals surface area contributed by atoms with Gasteiger partial charge in [-0.05, 0) is 35.0 Å². The SMILES string of the molecule is Cc1ccc(Br)c(-c2nc(C(N)CO)no2)c1. The van der Waals surface area contributed by atoms with Crippen molar-refractivity contribution in [2.45, 2.75) is 13.0 Å². The van der Waals surface area contributed by atoms with Gasteiger partial charge in [-0.25, -0.2) is 0 Å². The summed E-state index contributed by atoms with van der Waals surface area (Å²) in [6.45, 7) is 1.76. The van der Waals surface area contributed by atoms with Crippen LogP contribution < -0.4 is 5.73 Å². The Morgan fingerprint density at radius 1 is 1.53 bits per heavy atom. The van der Waals surface area contributed by atoms with Crippen molar-refractivity contribution in [3.8, 4) is 11.5 Å². The number of rotatable bonds is 3. The number of halogens is 1. The minimum atomic E-state index is -0.615. The normalized spacial score (nSPS) is 12.7. The zero-order chi connectivity index (χ0) is 12.4. The highest BCUT2D eigenvalue weighted by Crippen LogP contribution is 2.28. The van der Waals surface area contributed by atoms with Gasteiger partial charge in [-0.3, -0.25) is 0 Å². The van der Waals surface area contributed by atoms with Crippen molar-refractivity contribution < 1.29 is 9.63 Å². The third-order valence-electron chi connectivity index (χ3n) is 2.32. The Balaban J connectivity index is 2.40. The zero-order valence-corrected chi connectivity index (χ0v) is 10.8. The molecule has 1 aromatic carbocycles. The number of benzene rings is 1. The summed E-state index contributed by atoms with van der Waals surface area (Å²) in [5, 5.41) is 12.7. The van der Waals surface area contributed by atoms with Gasteiger partial charge in [0, 0.05) is 4.47 Å². The van der Waals surface area contributed by atoms with E-state index in [-0.39, 0.29) is 6.61 Å². The molecule has 6 heteroatoms. The van der Waals surface area contributed by atoms with Crippen LogP contribution in [-0.2, 0) is 0 Å². The van der Waals surface area contributed by atoms with Gasteiger partial charge in [0.15, 0.2) is 5.82 Å². The van der Waals surface area contributed by atoms with E-state index >= 15 is 0 Å². The zero-order valence-electron chi connectivity index (χ0n) is 9.22. The highest BCUT2D eigenvalue weighted by atomic mass is 79.9. The average molecular weight is 298 g/mol. The van der Waals surface area contributed by atoms with Gasteiger partial charge in [-0.2, -0.15) is 4.98 Å². The molecule has 0 saturated carbocycles. The highest BCUT2D eigenvalue weighted by Gasteiger charge is 2.16. The molecule has 0 aliphatic rings. The summed E-state index contributed by atoms with van der Waals surface area (Å²) < 4.78 is 6.00. The third-order valence-corrected chi connectivity index (χ3v) is 3.01. The Hall–Kier alpha value is -1.24. The van der Waals surface area contributed by atoms with Crippen molar-refractivity contribution in [1.29, 1.82) is 0 Å². The highest BCUT2D eigenvalue weighted by molar-refractivity contribution is 9.10. The summed E-state index contributed by atoms with van der Waals surface area (Å²) in [4.78, 5) is 4.16. The van der Waals surface area contributed by atoms with E-state index in [1.807, 2.05) is 25.1 Å². The lowest BCUT2D eigenvalue weighted by molar-refractivity contribution is 0.260. The second-order valence-electron chi connectivity index (χ2n) is 3.73. The maximum absolute atomic E-state index is 8.91. The molecule has 0 radical (unpaired) electrons. The smallest absolute Gasteiger partial charge is 0.259 e. The van der Waals surface area contributed by atoms with Crippen LogP contribution in [0.1, 0.15) is 17.4 Å². The van der Waals surface area contributed by atoms with Crippen LogP contribution >= 0.6 is 15.9 Å². The standard InChI is InChI=1S/C11H12BrN3O2/c1-6-2-3-8(12)7(4-6)11-14-10(15-17-11)9(13)5-16/h2-4,9,16H,5,13H2,1H3. The van der Waals surface area contributed by atoms with E-state index in [4.69, 9.17) is 15.4 Å². The Labute approximate surface area is 107 Å². The summed E-state index contributed by atoms with van der Waals surface area (Å²) >= 11 is 3.42. The fourth-order valence-corrected chi connectivity index (χ4v) is 1.80. The number of aliphatic hydroxyl groups is 1. The Morgan fingerprint density at radius 3 is 3.00 bits per heavy atom. The number of nitrogens with zero attached hydrogens (tertiary/aromatic N) is 2.